The molecule has 0 aliphatic carbocycles. The van der Waals surface area contributed by atoms with Crippen molar-refractivity contribution < 1.29 is 9.26 Å². The van der Waals surface area contributed by atoms with Gasteiger partial charge in [-0.2, -0.15) is 4.98 Å². The first-order chi connectivity index (χ1) is 15.8. The van der Waals surface area contributed by atoms with Crippen molar-refractivity contribution in [3.05, 3.63) is 71.1 Å². The molecule has 0 spiro atoms. The highest BCUT2D eigenvalue weighted by Gasteiger charge is 2.21. The first kappa shape index (κ1) is 21.0. The molecule has 8 nitrogen and oxygen atoms in total. The van der Waals surface area contributed by atoms with Gasteiger partial charge < -0.3 is 14.2 Å². The van der Waals surface area contributed by atoms with Crippen LogP contribution in [0.15, 0.2) is 64.3 Å². The molecule has 2 aromatic heterocycles. The molecule has 0 unspecified atom stereocenters. The van der Waals surface area contributed by atoms with Gasteiger partial charge in [0, 0.05) is 18.7 Å². The molecule has 4 aromatic rings. The molecule has 2 aromatic carbocycles. The Morgan fingerprint density at radius 3 is 2.56 bits per heavy atom. The molecule has 1 aliphatic rings. The van der Waals surface area contributed by atoms with Crippen molar-refractivity contribution in [3.8, 4) is 11.4 Å². The van der Waals surface area contributed by atoms with Crippen molar-refractivity contribution in [1.29, 1.82) is 0 Å². The second-order valence-corrected chi connectivity index (χ2v) is 8.58. The van der Waals surface area contributed by atoms with Crippen LogP contribution < -0.4 is 4.90 Å². The Bertz CT molecular complexity index is 1180. The Hall–Kier alpha value is -2.88. The molecule has 1 fully saturated rings. The maximum absolute atomic E-state index is 6.25. The maximum Gasteiger partial charge on any atom is 0.237 e. The summed E-state index contributed by atoms with van der Waals surface area (Å²) in [5.74, 6) is 2.31. The van der Waals surface area contributed by atoms with E-state index in [0.717, 1.165) is 29.8 Å². The zero-order chi connectivity index (χ0) is 21.8. The standard InChI is InChI=1S/C22H21ClN6O2S/c23-18-9-5-4-8-17(18)20-24-19(31-27-20)15-32-22-26-25-21(28-10-12-30-13-11-28)29(22)14-16-6-2-1-3-7-16/h1-9H,10-15H2. The van der Waals surface area contributed by atoms with Gasteiger partial charge in [0.05, 0.1) is 30.5 Å². The quantitative estimate of drug-likeness (QED) is 0.374. The van der Waals surface area contributed by atoms with Crippen molar-refractivity contribution in [2.75, 3.05) is 31.2 Å². The Morgan fingerprint density at radius 1 is 0.969 bits per heavy atom. The van der Waals surface area contributed by atoms with Crippen molar-refractivity contribution in [1.82, 2.24) is 24.9 Å². The predicted molar refractivity (Wildman–Crippen MR) is 123 cm³/mol. The average molecular weight is 469 g/mol. The number of nitrogens with zero attached hydrogens (tertiary/aromatic N) is 6. The number of thioether (sulfide) groups is 1. The molecule has 0 radical (unpaired) electrons. The van der Waals surface area contributed by atoms with Crippen molar-refractivity contribution >= 4 is 29.3 Å². The highest BCUT2D eigenvalue weighted by atomic mass is 35.5. The molecule has 0 atom stereocenters. The van der Waals surface area contributed by atoms with Crippen LogP contribution in [0.5, 0.6) is 0 Å². The van der Waals surface area contributed by atoms with E-state index in [1.807, 2.05) is 36.4 Å². The molecule has 5 rings (SSSR count). The van der Waals surface area contributed by atoms with E-state index in [1.54, 1.807) is 6.07 Å². The molecule has 10 heteroatoms. The minimum atomic E-state index is 0.478. The number of aromatic nitrogens is 5. The van der Waals surface area contributed by atoms with Crippen LogP contribution in [0.1, 0.15) is 11.5 Å². The molecule has 0 bridgehead atoms. The molecule has 1 aliphatic heterocycles. The molecule has 0 N–H and O–H groups in total. The number of ether oxygens (including phenoxy) is 1. The molecular formula is C22H21ClN6O2S. The zero-order valence-electron chi connectivity index (χ0n) is 17.2. The van der Waals surface area contributed by atoms with Crippen LogP contribution in [0.2, 0.25) is 5.02 Å². The van der Waals surface area contributed by atoms with E-state index in [0.29, 0.717) is 42.2 Å². The van der Waals surface area contributed by atoms with Crippen LogP contribution >= 0.6 is 23.4 Å². The van der Waals surface area contributed by atoms with E-state index < -0.39 is 0 Å². The highest BCUT2D eigenvalue weighted by Crippen LogP contribution is 2.29. The van der Waals surface area contributed by atoms with Gasteiger partial charge in [0.15, 0.2) is 5.16 Å². The number of hydrogen-bond donors (Lipinski definition) is 0. The molecule has 1 saturated heterocycles. The van der Waals surface area contributed by atoms with Gasteiger partial charge in [-0.25, -0.2) is 0 Å². The van der Waals surface area contributed by atoms with Crippen LogP contribution in [0, 0.1) is 0 Å². The van der Waals surface area contributed by atoms with Crippen LogP contribution in [-0.2, 0) is 17.0 Å². The highest BCUT2D eigenvalue weighted by molar-refractivity contribution is 7.98. The number of hydrogen-bond acceptors (Lipinski definition) is 8. The van der Waals surface area contributed by atoms with Crippen molar-refractivity contribution in [2.45, 2.75) is 17.5 Å². The Morgan fingerprint density at radius 2 is 1.75 bits per heavy atom. The predicted octanol–water partition coefficient (Wildman–Crippen LogP) is 4.16. The fourth-order valence-corrected chi connectivity index (χ4v) is 4.47. The smallest absolute Gasteiger partial charge is 0.237 e. The Kier molecular flexibility index (Phi) is 6.38. The Labute approximate surface area is 194 Å². The lowest BCUT2D eigenvalue weighted by Gasteiger charge is -2.28. The fraction of sp³-hybridized carbons (Fsp3) is 0.273. The molecule has 32 heavy (non-hydrogen) atoms. The second-order valence-electron chi connectivity index (χ2n) is 7.23. The van der Waals surface area contributed by atoms with E-state index in [2.05, 4.69) is 41.9 Å². The van der Waals surface area contributed by atoms with Crippen LogP contribution in [0.4, 0.5) is 5.95 Å². The largest absolute Gasteiger partial charge is 0.378 e. The summed E-state index contributed by atoms with van der Waals surface area (Å²) in [4.78, 5) is 6.71. The summed E-state index contributed by atoms with van der Waals surface area (Å²) in [6.07, 6.45) is 0. The molecular weight excluding hydrogens is 448 g/mol. The molecule has 0 amide bonds. The first-order valence-corrected chi connectivity index (χ1v) is 11.6. The van der Waals surface area contributed by atoms with E-state index in [1.165, 1.54) is 17.3 Å². The minimum Gasteiger partial charge on any atom is -0.378 e. The third-order valence-electron chi connectivity index (χ3n) is 5.08. The lowest BCUT2D eigenvalue weighted by Crippen LogP contribution is -2.38. The number of rotatable bonds is 7. The van der Waals surface area contributed by atoms with Gasteiger partial charge in [-0.1, -0.05) is 71.0 Å². The molecule has 164 valence electrons. The summed E-state index contributed by atoms with van der Waals surface area (Å²) in [6.45, 7) is 3.64. The minimum absolute atomic E-state index is 0.478. The lowest BCUT2D eigenvalue weighted by atomic mass is 10.2. The lowest BCUT2D eigenvalue weighted by molar-refractivity contribution is 0.121. The van der Waals surface area contributed by atoms with Crippen LogP contribution in [0.25, 0.3) is 11.4 Å². The van der Waals surface area contributed by atoms with Gasteiger partial charge in [-0.15, -0.1) is 10.2 Å². The molecule has 0 saturated carbocycles. The summed E-state index contributed by atoms with van der Waals surface area (Å²) >= 11 is 7.77. The van der Waals surface area contributed by atoms with Gasteiger partial charge >= 0.3 is 0 Å². The van der Waals surface area contributed by atoms with E-state index in [-0.39, 0.29) is 0 Å². The van der Waals surface area contributed by atoms with Gasteiger partial charge in [0.25, 0.3) is 0 Å². The monoisotopic (exact) mass is 468 g/mol. The fourth-order valence-electron chi connectivity index (χ4n) is 3.48. The average Bonchev–Trinajstić information content (AvgIpc) is 3.46. The van der Waals surface area contributed by atoms with Gasteiger partial charge in [-0.05, 0) is 17.7 Å². The van der Waals surface area contributed by atoms with Crippen LogP contribution in [-0.4, -0.2) is 51.2 Å². The van der Waals surface area contributed by atoms with Gasteiger partial charge in [0.2, 0.25) is 17.7 Å². The van der Waals surface area contributed by atoms with E-state index >= 15 is 0 Å². The number of morpholine rings is 1. The van der Waals surface area contributed by atoms with Crippen molar-refractivity contribution in [2.24, 2.45) is 0 Å². The van der Waals surface area contributed by atoms with Gasteiger partial charge in [0.1, 0.15) is 0 Å². The third-order valence-corrected chi connectivity index (χ3v) is 6.36. The molecule has 3 heterocycles. The maximum atomic E-state index is 6.25. The number of benzene rings is 2. The number of halogens is 1. The second kappa shape index (κ2) is 9.72. The number of anilines is 1. The summed E-state index contributed by atoms with van der Waals surface area (Å²) < 4.78 is 13.1. The third kappa shape index (κ3) is 4.64. The van der Waals surface area contributed by atoms with Crippen molar-refractivity contribution in [3.63, 3.8) is 0 Å². The topological polar surface area (TPSA) is 82.1 Å². The normalized spacial score (nSPS) is 14.1. The zero-order valence-corrected chi connectivity index (χ0v) is 18.8. The summed E-state index contributed by atoms with van der Waals surface area (Å²) in [5.41, 5.74) is 1.93. The summed E-state index contributed by atoms with van der Waals surface area (Å²) in [5, 5.41) is 14.4. The summed E-state index contributed by atoms with van der Waals surface area (Å²) in [7, 11) is 0. The summed E-state index contributed by atoms with van der Waals surface area (Å²) in [6, 6.07) is 17.7. The van der Waals surface area contributed by atoms with Crippen LogP contribution in [0.3, 0.4) is 0 Å². The van der Waals surface area contributed by atoms with E-state index in [9.17, 15) is 0 Å². The SMILES string of the molecule is Clc1ccccc1-c1noc(CSc2nnc(N3CCOCC3)n2Cc2ccccc2)n1. The first-order valence-electron chi connectivity index (χ1n) is 10.3. The van der Waals surface area contributed by atoms with Gasteiger partial charge in [-0.3, -0.25) is 4.57 Å². The van der Waals surface area contributed by atoms with E-state index in [4.69, 9.17) is 20.9 Å². The Balaban J connectivity index is 1.36.